The van der Waals surface area contributed by atoms with Gasteiger partial charge in [-0.15, -0.1) is 0 Å². The van der Waals surface area contributed by atoms with E-state index in [0.717, 1.165) is 24.6 Å². The monoisotopic (exact) mass is 381 g/mol. The smallest absolute Gasteiger partial charge is 0.315 e. The van der Waals surface area contributed by atoms with Gasteiger partial charge in [-0.3, -0.25) is 4.90 Å². The van der Waals surface area contributed by atoms with Gasteiger partial charge in [-0.25, -0.2) is 4.79 Å². The van der Waals surface area contributed by atoms with E-state index in [1.165, 1.54) is 12.8 Å². The van der Waals surface area contributed by atoms with Crippen molar-refractivity contribution in [3.05, 3.63) is 22.7 Å². The molecule has 144 valence electrons. The van der Waals surface area contributed by atoms with Crippen molar-refractivity contribution < 1.29 is 14.3 Å². The molecule has 3 rings (SSSR count). The van der Waals surface area contributed by atoms with Gasteiger partial charge in [0.05, 0.1) is 5.02 Å². The van der Waals surface area contributed by atoms with Crippen molar-refractivity contribution in [2.75, 3.05) is 32.8 Å². The maximum atomic E-state index is 12.1. The number of hydrogen-bond acceptors (Lipinski definition) is 4. The summed E-state index contributed by atoms with van der Waals surface area (Å²) >= 11 is 6.22. The van der Waals surface area contributed by atoms with E-state index in [1.54, 1.807) is 6.07 Å². The SMILES string of the molecule is CC1CCCN(C(C)CNC(=O)NCc2cc(Cl)c3c(c2)OCCO3)C1. The molecule has 1 aromatic rings. The molecular formula is C19H28ClN3O3. The van der Waals surface area contributed by atoms with E-state index in [2.05, 4.69) is 29.4 Å². The predicted octanol–water partition coefficient (Wildman–Crippen LogP) is 3.03. The van der Waals surface area contributed by atoms with Gasteiger partial charge in [0.1, 0.15) is 13.2 Å². The predicted molar refractivity (Wildman–Crippen MR) is 102 cm³/mol. The zero-order chi connectivity index (χ0) is 18.5. The molecule has 0 saturated carbocycles. The van der Waals surface area contributed by atoms with Gasteiger partial charge in [-0.05, 0) is 49.9 Å². The topological polar surface area (TPSA) is 62.8 Å². The molecule has 0 spiro atoms. The lowest BCUT2D eigenvalue weighted by atomic mass is 9.99. The Morgan fingerprint density at radius 3 is 2.96 bits per heavy atom. The van der Waals surface area contributed by atoms with Gasteiger partial charge in [0, 0.05) is 25.7 Å². The van der Waals surface area contributed by atoms with Crippen molar-refractivity contribution in [2.24, 2.45) is 5.92 Å². The van der Waals surface area contributed by atoms with Gasteiger partial charge in [0.15, 0.2) is 11.5 Å². The number of piperidine rings is 1. The zero-order valence-electron chi connectivity index (χ0n) is 15.5. The maximum absolute atomic E-state index is 12.1. The van der Waals surface area contributed by atoms with Crippen molar-refractivity contribution in [3.63, 3.8) is 0 Å². The molecule has 2 unspecified atom stereocenters. The fourth-order valence-electron chi connectivity index (χ4n) is 3.51. The lowest BCUT2D eigenvalue weighted by Gasteiger charge is -2.35. The second kappa shape index (κ2) is 8.82. The first kappa shape index (κ1) is 19.1. The van der Waals surface area contributed by atoms with E-state index in [9.17, 15) is 4.79 Å². The Hall–Kier alpha value is -1.66. The first-order chi connectivity index (χ1) is 12.5. The average Bonchev–Trinajstić information content (AvgIpc) is 2.64. The highest BCUT2D eigenvalue weighted by Crippen LogP contribution is 2.38. The fourth-order valence-corrected chi connectivity index (χ4v) is 3.79. The van der Waals surface area contributed by atoms with Crippen molar-refractivity contribution in [1.29, 1.82) is 0 Å². The van der Waals surface area contributed by atoms with Crippen molar-refractivity contribution in [1.82, 2.24) is 15.5 Å². The molecule has 1 saturated heterocycles. The minimum Gasteiger partial charge on any atom is -0.486 e. The number of amides is 2. The number of hydrogen-bond donors (Lipinski definition) is 2. The number of ether oxygens (including phenoxy) is 2. The Bertz CT molecular complexity index is 641. The summed E-state index contributed by atoms with van der Waals surface area (Å²) in [6.07, 6.45) is 2.54. The molecule has 0 bridgehead atoms. The van der Waals surface area contributed by atoms with Gasteiger partial charge < -0.3 is 20.1 Å². The second-order valence-electron chi connectivity index (χ2n) is 7.26. The van der Waals surface area contributed by atoms with Crippen molar-refractivity contribution in [3.8, 4) is 11.5 Å². The summed E-state index contributed by atoms with van der Waals surface area (Å²) in [5, 5.41) is 6.34. The summed E-state index contributed by atoms with van der Waals surface area (Å²) in [6, 6.07) is 3.83. The molecule has 0 radical (unpaired) electrons. The number of urea groups is 1. The van der Waals surface area contributed by atoms with Crippen molar-refractivity contribution >= 4 is 17.6 Å². The summed E-state index contributed by atoms with van der Waals surface area (Å²) < 4.78 is 11.1. The van der Waals surface area contributed by atoms with Crippen LogP contribution in [0.1, 0.15) is 32.3 Å². The number of nitrogens with one attached hydrogen (secondary N) is 2. The zero-order valence-corrected chi connectivity index (χ0v) is 16.3. The molecule has 26 heavy (non-hydrogen) atoms. The Balaban J connectivity index is 1.45. The van der Waals surface area contributed by atoms with Crippen LogP contribution in [0, 0.1) is 5.92 Å². The molecule has 1 aromatic carbocycles. The third-order valence-electron chi connectivity index (χ3n) is 4.98. The van der Waals surface area contributed by atoms with E-state index in [1.807, 2.05) is 6.07 Å². The number of halogens is 1. The van der Waals surface area contributed by atoms with Crippen LogP contribution >= 0.6 is 11.6 Å². The Morgan fingerprint density at radius 2 is 2.15 bits per heavy atom. The highest BCUT2D eigenvalue weighted by molar-refractivity contribution is 6.32. The standard InChI is InChI=1S/C19H28ClN3O3/c1-13-4-3-5-23(12-13)14(2)10-21-19(24)22-11-15-8-16(20)18-17(9-15)25-6-7-26-18/h8-9,13-14H,3-7,10-12H2,1-2H3,(H2,21,22,24). The highest BCUT2D eigenvalue weighted by atomic mass is 35.5. The van der Waals surface area contributed by atoms with Crippen molar-refractivity contribution in [2.45, 2.75) is 39.3 Å². The molecule has 7 heteroatoms. The largest absolute Gasteiger partial charge is 0.486 e. The molecule has 2 N–H and O–H groups in total. The van der Waals surface area contributed by atoms with Crippen LogP contribution in [0.5, 0.6) is 11.5 Å². The van der Waals surface area contributed by atoms with E-state index >= 15 is 0 Å². The third kappa shape index (κ3) is 4.95. The summed E-state index contributed by atoms with van der Waals surface area (Å²) in [6.45, 7) is 8.72. The summed E-state index contributed by atoms with van der Waals surface area (Å²) in [4.78, 5) is 14.6. The molecule has 2 heterocycles. The number of benzene rings is 1. The Morgan fingerprint density at radius 1 is 1.35 bits per heavy atom. The molecule has 2 aliphatic heterocycles. The number of nitrogens with zero attached hydrogens (tertiary/aromatic N) is 1. The van der Waals surface area contributed by atoms with Crippen LogP contribution in [-0.4, -0.2) is 49.8 Å². The lowest BCUT2D eigenvalue weighted by Crippen LogP contribution is -2.48. The van der Waals surface area contributed by atoms with E-state index < -0.39 is 0 Å². The van der Waals surface area contributed by atoms with Crippen LogP contribution in [0.15, 0.2) is 12.1 Å². The Kier molecular flexibility index (Phi) is 6.48. The first-order valence-corrected chi connectivity index (χ1v) is 9.74. The van der Waals surface area contributed by atoms with Crippen LogP contribution < -0.4 is 20.1 Å². The lowest BCUT2D eigenvalue weighted by molar-refractivity contribution is 0.137. The molecule has 6 nitrogen and oxygen atoms in total. The molecule has 2 amide bonds. The number of fused-ring (bicyclic) bond motifs is 1. The number of likely N-dealkylation sites (tertiary alicyclic amines) is 1. The van der Waals surface area contributed by atoms with E-state index in [0.29, 0.717) is 48.9 Å². The van der Waals surface area contributed by atoms with Crippen LogP contribution in [0.25, 0.3) is 0 Å². The molecule has 2 aliphatic rings. The van der Waals surface area contributed by atoms with Gasteiger partial charge in [-0.1, -0.05) is 18.5 Å². The van der Waals surface area contributed by atoms with Gasteiger partial charge in [-0.2, -0.15) is 0 Å². The molecule has 1 fully saturated rings. The minimum absolute atomic E-state index is 0.173. The number of carbonyl (C=O) groups excluding carboxylic acids is 1. The fraction of sp³-hybridized carbons (Fsp3) is 0.632. The first-order valence-electron chi connectivity index (χ1n) is 9.36. The third-order valence-corrected chi connectivity index (χ3v) is 5.26. The molecule has 0 aliphatic carbocycles. The molecular weight excluding hydrogens is 354 g/mol. The van der Waals surface area contributed by atoms with Gasteiger partial charge in [0.2, 0.25) is 0 Å². The van der Waals surface area contributed by atoms with E-state index in [-0.39, 0.29) is 6.03 Å². The van der Waals surface area contributed by atoms with Crippen LogP contribution in [0.2, 0.25) is 5.02 Å². The average molecular weight is 382 g/mol. The Labute approximate surface area is 160 Å². The minimum atomic E-state index is -0.173. The number of rotatable bonds is 5. The van der Waals surface area contributed by atoms with E-state index in [4.69, 9.17) is 21.1 Å². The highest BCUT2D eigenvalue weighted by Gasteiger charge is 2.21. The summed E-state index contributed by atoms with van der Waals surface area (Å²) in [7, 11) is 0. The quantitative estimate of drug-likeness (QED) is 0.822. The van der Waals surface area contributed by atoms with Crippen LogP contribution in [0.3, 0.4) is 0 Å². The van der Waals surface area contributed by atoms with Crippen LogP contribution in [-0.2, 0) is 6.54 Å². The summed E-state index contributed by atoms with van der Waals surface area (Å²) in [5.74, 6) is 1.95. The van der Waals surface area contributed by atoms with Crippen LogP contribution in [0.4, 0.5) is 4.79 Å². The molecule has 0 aromatic heterocycles. The number of carbonyl (C=O) groups is 1. The maximum Gasteiger partial charge on any atom is 0.315 e. The summed E-state index contributed by atoms with van der Waals surface area (Å²) in [5.41, 5.74) is 0.882. The second-order valence-corrected chi connectivity index (χ2v) is 7.66. The normalized spacial score (nSPS) is 21.1. The van der Waals surface area contributed by atoms with Gasteiger partial charge >= 0.3 is 6.03 Å². The molecule has 2 atom stereocenters. The van der Waals surface area contributed by atoms with Gasteiger partial charge in [0.25, 0.3) is 0 Å².